The molecule has 0 saturated carbocycles. The van der Waals surface area contributed by atoms with Gasteiger partial charge < -0.3 is 51.7 Å². The van der Waals surface area contributed by atoms with Gasteiger partial charge in [-0.2, -0.15) is 0 Å². The zero-order valence-corrected chi connectivity index (χ0v) is 43.4. The summed E-state index contributed by atoms with van der Waals surface area (Å²) >= 11 is 0. The van der Waals surface area contributed by atoms with Crippen LogP contribution in [0.3, 0.4) is 0 Å². The summed E-state index contributed by atoms with van der Waals surface area (Å²) in [5.74, 6) is -0.348. The minimum Gasteiger partial charge on any atom is -1.00 e. The van der Waals surface area contributed by atoms with Crippen molar-refractivity contribution in [1.29, 1.82) is 0 Å². The normalized spacial score (nSPS) is 20.6. The molecule has 2 aromatic rings. The fourth-order valence-corrected chi connectivity index (χ4v) is 8.43. The Labute approximate surface area is 458 Å². The molecule has 64 heavy (non-hydrogen) atoms. The molecule has 4 atom stereocenters. The molecule has 0 spiro atoms. The van der Waals surface area contributed by atoms with Gasteiger partial charge in [-0.05, 0) is 83.3 Å². The molecule has 336 valence electrons. The number of rotatable bonds is 9. The average Bonchev–Trinajstić information content (AvgIpc) is 4.04. The first-order chi connectivity index (χ1) is 29.9. The standard InChI is InChI=1S/C21H25N3O4.C20H23N3O5.CH2O3.CH4O.2K.H/c1-3-20(26)23-8-6-14(7-9-23)15-4-5-17-16(10-15)11-18-19(12-22-13(2)25)28-21(27)24(17)18;1-12(25)21-10-18-17-9-15-8-14(2-3-16(15)23(17)20(27)28-18)13-4-6-22(7-5-13)19(26)11-24;2-1-4-3;1-2;;;/h4-6,10,18-19H,3,7-9,11-12H2,1-2H3,(H,22,25);2-4,8,17-18,24H,5-7,9-11H2,1H3,(H,21,25);1,3H;2H,1H3;;;/q;;;;2*+1;-1/p-1/t18-,19-;17-,18-;;;;;/m00...../s1. The van der Waals surface area contributed by atoms with E-state index in [0.29, 0.717) is 52.0 Å². The molecule has 2 saturated heterocycles. The zero-order chi connectivity index (χ0) is 45.1. The molecule has 6 aliphatic heterocycles. The van der Waals surface area contributed by atoms with Crippen molar-refractivity contribution in [2.24, 2.45) is 0 Å². The van der Waals surface area contributed by atoms with Crippen molar-refractivity contribution in [2.75, 3.05) is 62.8 Å². The van der Waals surface area contributed by atoms with Gasteiger partial charge in [-0.15, -0.1) is 0 Å². The summed E-state index contributed by atoms with van der Waals surface area (Å²) in [7, 11) is 1.00. The van der Waals surface area contributed by atoms with Crippen LogP contribution in [-0.2, 0) is 51.2 Å². The number of nitrogens with zero attached hydrogens (tertiary/aromatic N) is 4. The molecule has 2 aromatic carbocycles. The Bertz CT molecular complexity index is 1970. The van der Waals surface area contributed by atoms with E-state index in [-0.39, 0.29) is 171 Å². The Morgan fingerprint density at radius 2 is 1.19 bits per heavy atom. The zero-order valence-electron chi connectivity index (χ0n) is 38.2. The fourth-order valence-electron chi connectivity index (χ4n) is 8.43. The van der Waals surface area contributed by atoms with Gasteiger partial charge in [-0.25, -0.2) is 9.59 Å². The van der Waals surface area contributed by atoms with Gasteiger partial charge in [-0.3, -0.25) is 33.8 Å². The number of nitrogens with one attached hydrogen (secondary N) is 2. The van der Waals surface area contributed by atoms with Gasteiger partial charge in [0.2, 0.25) is 23.6 Å². The van der Waals surface area contributed by atoms with E-state index >= 15 is 0 Å². The second kappa shape index (κ2) is 26.3. The predicted molar refractivity (Wildman–Crippen MR) is 223 cm³/mol. The number of cyclic esters (lactones) is 2. The second-order valence-electron chi connectivity index (χ2n) is 15.0. The minimum absolute atomic E-state index is 0. The Morgan fingerprint density at radius 1 is 0.781 bits per heavy atom. The van der Waals surface area contributed by atoms with Crippen LogP contribution in [0, 0.1) is 0 Å². The quantitative estimate of drug-likeness (QED) is 0.0797. The Hall–Kier alpha value is -3.04. The van der Waals surface area contributed by atoms with Crippen molar-refractivity contribution in [3.05, 3.63) is 70.8 Å². The van der Waals surface area contributed by atoms with Crippen molar-refractivity contribution in [2.45, 2.75) is 77.2 Å². The van der Waals surface area contributed by atoms with E-state index in [9.17, 15) is 28.8 Å². The van der Waals surface area contributed by atoms with E-state index in [0.717, 1.165) is 65.7 Å². The van der Waals surface area contributed by atoms with Crippen LogP contribution >= 0.6 is 0 Å². The summed E-state index contributed by atoms with van der Waals surface area (Å²) in [4.78, 5) is 88.6. The third kappa shape index (κ3) is 13.3. The number of amides is 6. The van der Waals surface area contributed by atoms with Gasteiger partial charge in [0.1, 0.15) is 18.8 Å². The summed E-state index contributed by atoms with van der Waals surface area (Å²) in [6.07, 6.45) is 6.22. The number of carbonyl (C=O) groups is 7. The molecule has 19 nitrogen and oxygen atoms in total. The van der Waals surface area contributed by atoms with E-state index in [2.05, 4.69) is 33.7 Å². The first-order valence-electron chi connectivity index (χ1n) is 20.3. The number of aliphatic hydroxyl groups excluding tert-OH is 2. The van der Waals surface area contributed by atoms with Gasteiger partial charge in [-0.1, -0.05) is 31.2 Å². The summed E-state index contributed by atoms with van der Waals surface area (Å²) in [5.41, 5.74) is 8.60. The molecule has 2 fully saturated rings. The molecule has 4 N–H and O–H groups in total. The van der Waals surface area contributed by atoms with Crippen LogP contribution in [0.1, 0.15) is 63.7 Å². The van der Waals surface area contributed by atoms with E-state index in [1.807, 2.05) is 42.2 Å². The van der Waals surface area contributed by atoms with Crippen LogP contribution < -0.4 is 128 Å². The van der Waals surface area contributed by atoms with Crippen molar-refractivity contribution in [3.8, 4) is 0 Å². The number of ether oxygens (including phenoxy) is 2. The maximum absolute atomic E-state index is 12.3. The number of anilines is 2. The van der Waals surface area contributed by atoms with E-state index in [1.54, 1.807) is 14.7 Å². The number of fused-ring (bicyclic) bond motifs is 6. The largest absolute Gasteiger partial charge is 1.00 e. The monoisotopic (exact) mass is 940 g/mol. The van der Waals surface area contributed by atoms with Crippen LogP contribution in [0.2, 0.25) is 0 Å². The van der Waals surface area contributed by atoms with Gasteiger partial charge in [0.15, 0.2) is 0 Å². The number of benzene rings is 2. The first-order valence-corrected chi connectivity index (χ1v) is 20.3. The van der Waals surface area contributed by atoms with Crippen molar-refractivity contribution in [1.82, 2.24) is 20.4 Å². The van der Waals surface area contributed by atoms with Crippen LogP contribution in [0.5, 0.6) is 0 Å². The summed E-state index contributed by atoms with van der Waals surface area (Å²) < 4.78 is 10.9. The average molecular weight is 941 g/mol. The Kier molecular flexibility index (Phi) is 22.8. The van der Waals surface area contributed by atoms with Gasteiger partial charge in [0.05, 0.1) is 36.5 Å². The first kappa shape index (κ1) is 55.3. The molecule has 0 bridgehead atoms. The summed E-state index contributed by atoms with van der Waals surface area (Å²) in [5, 5.41) is 29.9. The van der Waals surface area contributed by atoms with Crippen LogP contribution in [-0.4, -0.2) is 140 Å². The maximum Gasteiger partial charge on any atom is 1.00 e. The van der Waals surface area contributed by atoms with Crippen LogP contribution in [0.15, 0.2) is 48.6 Å². The topological polar surface area (TPSA) is 248 Å². The number of aliphatic hydroxyl groups is 2. The third-order valence-electron chi connectivity index (χ3n) is 11.4. The molecule has 8 rings (SSSR count). The molecule has 6 aliphatic rings. The fraction of sp³-hybridized carbons (Fsp3) is 0.465. The third-order valence-corrected chi connectivity index (χ3v) is 11.4. The number of carbonyl (C=O) groups excluding carboxylic acids is 7. The molecule has 0 radical (unpaired) electrons. The van der Waals surface area contributed by atoms with Crippen molar-refractivity contribution >= 4 is 64.8 Å². The van der Waals surface area contributed by atoms with Crippen molar-refractivity contribution < 1.29 is 168 Å². The minimum atomic E-state index is -0.463. The molecular weight excluding hydrogens is 887 g/mol. The van der Waals surface area contributed by atoms with E-state index in [1.165, 1.54) is 19.4 Å². The molecule has 0 aromatic heterocycles. The van der Waals surface area contributed by atoms with Crippen molar-refractivity contribution in [3.63, 3.8) is 0 Å². The Morgan fingerprint density at radius 3 is 1.52 bits per heavy atom. The molecule has 6 heterocycles. The number of hydrogen-bond donors (Lipinski definition) is 4. The van der Waals surface area contributed by atoms with E-state index in [4.69, 9.17) is 29.7 Å². The van der Waals surface area contributed by atoms with Gasteiger partial charge >= 0.3 is 115 Å². The maximum atomic E-state index is 12.3. The second-order valence-corrected chi connectivity index (χ2v) is 15.0. The number of hydrogen-bond acceptors (Lipinski definition) is 13. The summed E-state index contributed by atoms with van der Waals surface area (Å²) in [6, 6.07) is 12.0. The molecule has 0 unspecified atom stereocenters. The molecular formula is C43H54K2N6O13. The van der Waals surface area contributed by atoms with Gasteiger partial charge in [0, 0.05) is 53.6 Å². The molecule has 6 amide bonds. The van der Waals surface area contributed by atoms with E-state index < -0.39 is 6.61 Å². The summed E-state index contributed by atoms with van der Waals surface area (Å²) in [6.45, 7) is 7.25. The molecule has 0 aliphatic carbocycles. The van der Waals surface area contributed by atoms with Crippen LogP contribution in [0.4, 0.5) is 21.0 Å². The van der Waals surface area contributed by atoms with Gasteiger partial charge in [0.25, 0.3) is 6.47 Å². The smallest absolute Gasteiger partial charge is 1.00 e. The predicted octanol–water partition coefficient (Wildman–Crippen LogP) is -5.06. The Balaban J connectivity index is 0.000000383. The van der Waals surface area contributed by atoms with Crippen LogP contribution in [0.25, 0.3) is 11.1 Å². The SMILES string of the molecule is CC(=O)NC[C@@H]1OC(=O)N2c3ccc(C4=CCN(C(=O)CO)CC4)cc3C[C@@H]12.CCC(=O)N1CC=C(c2ccc3c(c2)C[C@H]2[C@H](CNC(C)=O)OC(=O)N32)CC1.CO.O=CO[O-].[H-].[K+].[K+]. The molecule has 21 heteroatoms.